The predicted molar refractivity (Wildman–Crippen MR) is 103 cm³/mol. The highest BCUT2D eigenvalue weighted by molar-refractivity contribution is 6.14. The standard InChI is InChI=1S/C22H23FN2O/c1-22(2,3)17-11-8-15(9-12-17)14-19-21(26)25-20(24-19)13-10-16-6-4-5-7-18(16)23/h4-9,11-12,14H,10,13H2,1-3H3,(H,24,25,26)/b19-14+. The van der Waals surface area contributed by atoms with Gasteiger partial charge in [-0.05, 0) is 40.7 Å². The minimum absolute atomic E-state index is 0.0917. The van der Waals surface area contributed by atoms with Crippen LogP contribution in [-0.2, 0) is 16.6 Å². The highest BCUT2D eigenvalue weighted by Gasteiger charge is 2.20. The zero-order valence-corrected chi connectivity index (χ0v) is 15.3. The van der Waals surface area contributed by atoms with Crippen molar-refractivity contribution >= 4 is 17.8 Å². The quantitative estimate of drug-likeness (QED) is 0.803. The monoisotopic (exact) mass is 350 g/mol. The number of hydrogen-bond donors (Lipinski definition) is 1. The summed E-state index contributed by atoms with van der Waals surface area (Å²) in [5.41, 5.74) is 3.28. The van der Waals surface area contributed by atoms with Gasteiger partial charge in [0.1, 0.15) is 17.3 Å². The molecule has 3 nitrogen and oxygen atoms in total. The molecule has 3 rings (SSSR count). The van der Waals surface area contributed by atoms with Gasteiger partial charge in [-0.2, -0.15) is 0 Å². The van der Waals surface area contributed by atoms with Gasteiger partial charge in [-0.3, -0.25) is 4.79 Å². The number of halogens is 1. The number of aliphatic imine (C=N–C) groups is 1. The van der Waals surface area contributed by atoms with Crippen LogP contribution in [0.2, 0.25) is 0 Å². The average Bonchev–Trinajstić information content (AvgIpc) is 2.93. The fourth-order valence-electron chi connectivity index (χ4n) is 2.83. The zero-order valence-electron chi connectivity index (χ0n) is 15.3. The number of nitrogens with zero attached hydrogens (tertiary/aromatic N) is 1. The van der Waals surface area contributed by atoms with Gasteiger partial charge in [-0.25, -0.2) is 9.38 Å². The smallest absolute Gasteiger partial charge is 0.275 e. The first-order valence-electron chi connectivity index (χ1n) is 8.77. The molecule has 1 aliphatic rings. The highest BCUT2D eigenvalue weighted by Crippen LogP contribution is 2.23. The Morgan fingerprint density at radius 1 is 1.04 bits per heavy atom. The summed E-state index contributed by atoms with van der Waals surface area (Å²) in [5, 5.41) is 2.77. The van der Waals surface area contributed by atoms with Gasteiger partial charge < -0.3 is 5.32 Å². The molecule has 26 heavy (non-hydrogen) atoms. The number of rotatable bonds is 4. The number of amides is 1. The maximum atomic E-state index is 13.7. The largest absolute Gasteiger partial charge is 0.309 e. The van der Waals surface area contributed by atoms with Crippen molar-refractivity contribution in [3.8, 4) is 0 Å². The molecule has 4 heteroatoms. The van der Waals surface area contributed by atoms with Gasteiger partial charge in [0.2, 0.25) is 0 Å². The first-order valence-corrected chi connectivity index (χ1v) is 8.77. The number of amidine groups is 1. The highest BCUT2D eigenvalue weighted by atomic mass is 19.1. The summed E-state index contributed by atoms with van der Waals surface area (Å²) in [5.74, 6) is 0.136. The molecule has 0 aliphatic carbocycles. The predicted octanol–water partition coefficient (Wildman–Crippen LogP) is 4.63. The van der Waals surface area contributed by atoms with Crippen LogP contribution in [0, 0.1) is 5.82 Å². The van der Waals surface area contributed by atoms with E-state index >= 15 is 0 Å². The SMILES string of the molecule is CC(C)(C)c1ccc(/C=C2/N=C(CCc3ccccc3F)NC2=O)cc1. The average molecular weight is 350 g/mol. The minimum atomic E-state index is -0.230. The number of aryl methyl sites for hydroxylation is 1. The number of hydrogen-bond acceptors (Lipinski definition) is 2. The fourth-order valence-corrected chi connectivity index (χ4v) is 2.83. The van der Waals surface area contributed by atoms with E-state index < -0.39 is 0 Å². The van der Waals surface area contributed by atoms with E-state index in [2.05, 4.69) is 43.2 Å². The van der Waals surface area contributed by atoms with E-state index in [0.717, 1.165) is 5.56 Å². The van der Waals surface area contributed by atoms with Crippen molar-refractivity contribution < 1.29 is 9.18 Å². The van der Waals surface area contributed by atoms with Gasteiger partial charge in [0.25, 0.3) is 5.91 Å². The Labute approximate surface area is 153 Å². The lowest BCUT2D eigenvalue weighted by atomic mass is 9.87. The fraction of sp³-hybridized carbons (Fsp3) is 0.273. The van der Waals surface area contributed by atoms with Crippen LogP contribution in [-0.4, -0.2) is 11.7 Å². The molecule has 0 unspecified atom stereocenters. The molecule has 0 radical (unpaired) electrons. The van der Waals surface area contributed by atoms with Gasteiger partial charge >= 0.3 is 0 Å². The van der Waals surface area contributed by atoms with Gasteiger partial charge in [0.05, 0.1) is 0 Å². The number of benzene rings is 2. The van der Waals surface area contributed by atoms with Crippen molar-refractivity contribution in [2.45, 2.75) is 39.0 Å². The molecular weight excluding hydrogens is 327 g/mol. The number of carbonyl (C=O) groups is 1. The van der Waals surface area contributed by atoms with Crippen LogP contribution < -0.4 is 5.32 Å². The van der Waals surface area contributed by atoms with Gasteiger partial charge in [0.15, 0.2) is 0 Å². The second kappa shape index (κ2) is 7.24. The molecule has 0 aromatic heterocycles. The molecule has 0 spiro atoms. The van der Waals surface area contributed by atoms with Gasteiger partial charge in [-0.1, -0.05) is 63.2 Å². The lowest BCUT2D eigenvalue weighted by Gasteiger charge is -2.18. The molecule has 0 bridgehead atoms. The van der Waals surface area contributed by atoms with E-state index in [4.69, 9.17) is 0 Å². The third-order valence-corrected chi connectivity index (χ3v) is 4.41. The number of carbonyl (C=O) groups excluding carboxylic acids is 1. The van der Waals surface area contributed by atoms with Crippen LogP contribution >= 0.6 is 0 Å². The van der Waals surface area contributed by atoms with E-state index in [9.17, 15) is 9.18 Å². The van der Waals surface area contributed by atoms with Crippen molar-refractivity contribution in [2.24, 2.45) is 4.99 Å². The molecule has 1 heterocycles. The van der Waals surface area contributed by atoms with Crippen molar-refractivity contribution in [3.05, 3.63) is 76.7 Å². The Balaban J connectivity index is 1.71. The molecule has 134 valence electrons. The van der Waals surface area contributed by atoms with Crippen LogP contribution in [0.25, 0.3) is 6.08 Å². The van der Waals surface area contributed by atoms with Crippen LogP contribution in [0.3, 0.4) is 0 Å². The van der Waals surface area contributed by atoms with Gasteiger partial charge in [0, 0.05) is 6.42 Å². The maximum absolute atomic E-state index is 13.7. The van der Waals surface area contributed by atoms with E-state index in [1.165, 1.54) is 11.6 Å². The van der Waals surface area contributed by atoms with Crippen LogP contribution in [0.1, 0.15) is 43.9 Å². The Morgan fingerprint density at radius 3 is 2.38 bits per heavy atom. The van der Waals surface area contributed by atoms with Crippen molar-refractivity contribution in [2.75, 3.05) is 0 Å². The van der Waals surface area contributed by atoms with E-state index in [0.29, 0.717) is 29.9 Å². The second-order valence-corrected chi connectivity index (χ2v) is 7.51. The first kappa shape index (κ1) is 18.1. The Bertz CT molecular complexity index is 874. The van der Waals surface area contributed by atoms with Crippen molar-refractivity contribution in [1.82, 2.24) is 5.32 Å². The molecule has 0 saturated heterocycles. The van der Waals surface area contributed by atoms with Gasteiger partial charge in [-0.15, -0.1) is 0 Å². The van der Waals surface area contributed by atoms with Crippen molar-refractivity contribution in [1.29, 1.82) is 0 Å². The third kappa shape index (κ3) is 4.26. The summed E-state index contributed by atoms with van der Waals surface area (Å²) in [6.07, 6.45) is 2.77. The third-order valence-electron chi connectivity index (χ3n) is 4.41. The maximum Gasteiger partial charge on any atom is 0.275 e. The summed E-state index contributed by atoms with van der Waals surface area (Å²) in [4.78, 5) is 16.5. The Hall–Kier alpha value is -2.75. The molecule has 0 saturated carbocycles. The lowest BCUT2D eigenvalue weighted by molar-refractivity contribution is -0.115. The summed E-state index contributed by atoms with van der Waals surface area (Å²) >= 11 is 0. The summed E-state index contributed by atoms with van der Waals surface area (Å²) in [6.45, 7) is 6.49. The molecule has 0 fully saturated rings. The zero-order chi connectivity index (χ0) is 18.7. The molecular formula is C22H23FN2O. The molecule has 1 amide bonds. The first-order chi connectivity index (χ1) is 12.3. The minimum Gasteiger partial charge on any atom is -0.309 e. The Kier molecular flexibility index (Phi) is 5.03. The molecule has 1 aliphatic heterocycles. The van der Waals surface area contributed by atoms with Crippen LogP contribution in [0.5, 0.6) is 0 Å². The lowest BCUT2D eigenvalue weighted by Crippen LogP contribution is -2.24. The second-order valence-electron chi connectivity index (χ2n) is 7.51. The topological polar surface area (TPSA) is 41.5 Å². The Morgan fingerprint density at radius 2 is 1.73 bits per heavy atom. The molecule has 0 atom stereocenters. The van der Waals surface area contributed by atoms with E-state index in [-0.39, 0.29) is 17.1 Å². The normalized spacial score (nSPS) is 15.9. The van der Waals surface area contributed by atoms with Crippen LogP contribution in [0.15, 0.2) is 59.2 Å². The van der Waals surface area contributed by atoms with E-state index in [1.54, 1.807) is 24.3 Å². The van der Waals surface area contributed by atoms with E-state index in [1.807, 2.05) is 12.1 Å². The molecule has 2 aromatic carbocycles. The van der Waals surface area contributed by atoms with Crippen LogP contribution in [0.4, 0.5) is 4.39 Å². The summed E-state index contributed by atoms with van der Waals surface area (Å²) in [6, 6.07) is 14.8. The number of nitrogens with one attached hydrogen (secondary N) is 1. The summed E-state index contributed by atoms with van der Waals surface area (Å²) < 4.78 is 13.7. The molecule has 2 aromatic rings. The summed E-state index contributed by atoms with van der Waals surface area (Å²) in [7, 11) is 0. The molecule has 1 N–H and O–H groups in total. The van der Waals surface area contributed by atoms with Crippen molar-refractivity contribution in [3.63, 3.8) is 0 Å².